The predicted molar refractivity (Wildman–Crippen MR) is 108 cm³/mol. The maximum atomic E-state index is 13.0. The fraction of sp³-hybridized carbons (Fsp3) is 0.250. The third-order valence-electron chi connectivity index (χ3n) is 4.63. The van der Waals surface area contributed by atoms with Crippen molar-refractivity contribution < 1.29 is 9.13 Å². The highest BCUT2D eigenvalue weighted by Crippen LogP contribution is 2.20. The summed E-state index contributed by atoms with van der Waals surface area (Å²) in [6, 6.07) is 25.5. The van der Waals surface area contributed by atoms with Crippen LogP contribution in [-0.4, -0.2) is 6.04 Å². The lowest BCUT2D eigenvalue weighted by Crippen LogP contribution is -2.26. The summed E-state index contributed by atoms with van der Waals surface area (Å²) in [6.45, 7) is 3.40. The van der Waals surface area contributed by atoms with E-state index in [9.17, 15) is 4.39 Å². The maximum absolute atomic E-state index is 13.0. The van der Waals surface area contributed by atoms with Crippen molar-refractivity contribution in [2.24, 2.45) is 0 Å². The molecule has 0 spiro atoms. The first kappa shape index (κ1) is 19.1. The summed E-state index contributed by atoms with van der Waals surface area (Å²) in [7, 11) is 0. The molecule has 140 valence electrons. The van der Waals surface area contributed by atoms with E-state index >= 15 is 0 Å². The first-order valence-electron chi connectivity index (χ1n) is 9.43. The first-order valence-corrected chi connectivity index (χ1v) is 9.43. The van der Waals surface area contributed by atoms with Crippen molar-refractivity contribution in [3.05, 3.63) is 101 Å². The molecule has 0 saturated carbocycles. The van der Waals surface area contributed by atoms with Gasteiger partial charge in [0, 0.05) is 18.2 Å². The van der Waals surface area contributed by atoms with Gasteiger partial charge in [-0.1, -0.05) is 60.7 Å². The number of rotatable bonds is 9. The van der Waals surface area contributed by atoms with Gasteiger partial charge in [-0.15, -0.1) is 0 Å². The second-order valence-electron chi connectivity index (χ2n) is 6.83. The Labute approximate surface area is 161 Å². The Balaban J connectivity index is 1.50. The van der Waals surface area contributed by atoms with E-state index in [4.69, 9.17) is 4.74 Å². The number of hydrogen-bond donors (Lipinski definition) is 1. The molecular formula is C24H26FNO. The molecule has 0 unspecified atom stereocenters. The Morgan fingerprint density at radius 2 is 1.56 bits per heavy atom. The SMILES string of the molecule is C[C@H](CCc1ccccc1)NCc1ccccc1OCc1ccc(F)cc1. The van der Waals surface area contributed by atoms with E-state index in [2.05, 4.69) is 42.6 Å². The number of para-hydroxylation sites is 1. The normalized spacial score (nSPS) is 11.9. The molecule has 0 fully saturated rings. The largest absolute Gasteiger partial charge is 0.489 e. The zero-order valence-corrected chi connectivity index (χ0v) is 15.7. The van der Waals surface area contributed by atoms with E-state index in [-0.39, 0.29) is 5.82 Å². The van der Waals surface area contributed by atoms with Gasteiger partial charge in [-0.25, -0.2) is 4.39 Å². The minimum absolute atomic E-state index is 0.229. The average Bonchev–Trinajstić information content (AvgIpc) is 2.71. The highest BCUT2D eigenvalue weighted by Gasteiger charge is 2.07. The Hall–Kier alpha value is -2.65. The van der Waals surface area contributed by atoms with Crippen molar-refractivity contribution in [2.45, 2.75) is 39.0 Å². The lowest BCUT2D eigenvalue weighted by Gasteiger charge is -2.16. The molecule has 27 heavy (non-hydrogen) atoms. The summed E-state index contributed by atoms with van der Waals surface area (Å²) < 4.78 is 19.0. The minimum Gasteiger partial charge on any atom is -0.489 e. The third-order valence-corrected chi connectivity index (χ3v) is 4.63. The fourth-order valence-corrected chi connectivity index (χ4v) is 2.95. The number of benzene rings is 3. The van der Waals surface area contributed by atoms with Crippen molar-refractivity contribution in [1.82, 2.24) is 5.32 Å². The van der Waals surface area contributed by atoms with Crippen LogP contribution in [0, 0.1) is 5.82 Å². The second kappa shape index (κ2) is 9.89. The van der Waals surface area contributed by atoms with Gasteiger partial charge in [0.15, 0.2) is 0 Å². The van der Waals surface area contributed by atoms with E-state index in [0.717, 1.165) is 36.3 Å². The van der Waals surface area contributed by atoms with Crippen molar-refractivity contribution in [3.8, 4) is 5.75 Å². The Bertz CT molecular complexity index is 817. The Morgan fingerprint density at radius 1 is 0.852 bits per heavy atom. The van der Waals surface area contributed by atoms with Crippen LogP contribution >= 0.6 is 0 Å². The molecule has 3 rings (SSSR count). The molecule has 0 aliphatic carbocycles. The van der Waals surface area contributed by atoms with Gasteiger partial charge in [0.2, 0.25) is 0 Å². The summed E-state index contributed by atoms with van der Waals surface area (Å²) in [6.07, 6.45) is 2.15. The van der Waals surface area contributed by atoms with Gasteiger partial charge >= 0.3 is 0 Å². The van der Waals surface area contributed by atoms with Gasteiger partial charge < -0.3 is 10.1 Å². The van der Waals surface area contributed by atoms with Crippen molar-refractivity contribution in [3.63, 3.8) is 0 Å². The van der Waals surface area contributed by atoms with Crippen molar-refractivity contribution >= 4 is 0 Å². The molecule has 1 N–H and O–H groups in total. The van der Waals surface area contributed by atoms with Crippen LogP contribution < -0.4 is 10.1 Å². The summed E-state index contributed by atoms with van der Waals surface area (Å²) in [4.78, 5) is 0. The number of ether oxygens (including phenoxy) is 1. The summed E-state index contributed by atoms with van der Waals surface area (Å²) in [5.74, 6) is 0.637. The van der Waals surface area contributed by atoms with E-state index in [1.54, 1.807) is 12.1 Å². The molecule has 0 heterocycles. The molecule has 0 aliphatic heterocycles. The highest BCUT2D eigenvalue weighted by molar-refractivity contribution is 5.33. The van der Waals surface area contributed by atoms with Gasteiger partial charge in [0.25, 0.3) is 0 Å². The number of hydrogen-bond acceptors (Lipinski definition) is 2. The smallest absolute Gasteiger partial charge is 0.124 e. The van der Waals surface area contributed by atoms with Crippen LogP contribution in [-0.2, 0) is 19.6 Å². The van der Waals surface area contributed by atoms with E-state index in [0.29, 0.717) is 12.6 Å². The van der Waals surface area contributed by atoms with Crippen LogP contribution in [0.4, 0.5) is 4.39 Å². The lowest BCUT2D eigenvalue weighted by molar-refractivity contribution is 0.301. The quantitative estimate of drug-likeness (QED) is 0.541. The molecule has 2 nitrogen and oxygen atoms in total. The Kier molecular flexibility index (Phi) is 7.00. The lowest BCUT2D eigenvalue weighted by atomic mass is 10.1. The van der Waals surface area contributed by atoms with Crippen molar-refractivity contribution in [1.29, 1.82) is 0 Å². The zero-order chi connectivity index (χ0) is 18.9. The van der Waals surface area contributed by atoms with Crippen LogP contribution in [0.15, 0.2) is 78.9 Å². The summed E-state index contributed by atoms with van der Waals surface area (Å²) >= 11 is 0. The number of halogens is 1. The van der Waals surface area contributed by atoms with Gasteiger partial charge in [0.1, 0.15) is 18.2 Å². The third kappa shape index (κ3) is 6.22. The summed E-state index contributed by atoms with van der Waals surface area (Å²) in [5.41, 5.74) is 3.45. The fourth-order valence-electron chi connectivity index (χ4n) is 2.95. The van der Waals surface area contributed by atoms with Crippen LogP contribution in [0.1, 0.15) is 30.0 Å². The van der Waals surface area contributed by atoms with Crippen LogP contribution in [0.3, 0.4) is 0 Å². The number of aryl methyl sites for hydroxylation is 1. The standard InChI is InChI=1S/C24H26FNO/c1-19(11-12-20-7-3-2-4-8-20)26-17-22-9-5-6-10-24(22)27-18-21-13-15-23(25)16-14-21/h2-10,13-16,19,26H,11-12,17-18H2,1H3/t19-/m1/s1. The Morgan fingerprint density at radius 3 is 2.33 bits per heavy atom. The van der Waals surface area contributed by atoms with Crippen LogP contribution in [0.2, 0.25) is 0 Å². The molecule has 0 radical (unpaired) electrons. The summed E-state index contributed by atoms with van der Waals surface area (Å²) in [5, 5.41) is 3.59. The average molecular weight is 363 g/mol. The van der Waals surface area contributed by atoms with Gasteiger partial charge in [-0.2, -0.15) is 0 Å². The van der Waals surface area contributed by atoms with Gasteiger partial charge in [-0.05, 0) is 49.1 Å². The van der Waals surface area contributed by atoms with Crippen LogP contribution in [0.5, 0.6) is 5.75 Å². The molecule has 0 aliphatic rings. The van der Waals surface area contributed by atoms with Crippen molar-refractivity contribution in [2.75, 3.05) is 0 Å². The molecule has 3 aromatic rings. The highest BCUT2D eigenvalue weighted by atomic mass is 19.1. The zero-order valence-electron chi connectivity index (χ0n) is 15.7. The molecular weight excluding hydrogens is 337 g/mol. The molecule has 3 heteroatoms. The number of nitrogens with one attached hydrogen (secondary N) is 1. The van der Waals surface area contributed by atoms with E-state index in [1.807, 2.05) is 24.3 Å². The molecule has 0 saturated heterocycles. The topological polar surface area (TPSA) is 21.3 Å². The maximum Gasteiger partial charge on any atom is 0.124 e. The van der Waals surface area contributed by atoms with E-state index in [1.165, 1.54) is 17.7 Å². The molecule has 1 atom stereocenters. The predicted octanol–water partition coefficient (Wildman–Crippen LogP) is 5.52. The second-order valence-corrected chi connectivity index (χ2v) is 6.83. The molecule has 3 aromatic carbocycles. The van der Waals surface area contributed by atoms with Crippen LogP contribution in [0.25, 0.3) is 0 Å². The van der Waals surface area contributed by atoms with Gasteiger partial charge in [-0.3, -0.25) is 0 Å². The molecule has 0 aromatic heterocycles. The molecule has 0 bridgehead atoms. The van der Waals surface area contributed by atoms with E-state index < -0.39 is 0 Å². The van der Waals surface area contributed by atoms with Gasteiger partial charge in [0.05, 0.1) is 0 Å². The minimum atomic E-state index is -0.229. The first-order chi connectivity index (χ1) is 13.2. The molecule has 0 amide bonds. The monoisotopic (exact) mass is 363 g/mol.